The van der Waals surface area contributed by atoms with Crippen LogP contribution in [0.3, 0.4) is 0 Å². The van der Waals surface area contributed by atoms with Crippen molar-refractivity contribution in [3.8, 4) is 0 Å². The predicted octanol–water partition coefficient (Wildman–Crippen LogP) is -0.465. The molecule has 0 saturated carbocycles. The third-order valence-electron chi connectivity index (χ3n) is 2.98. The van der Waals surface area contributed by atoms with Crippen LogP contribution in [0.1, 0.15) is 12.8 Å². The van der Waals surface area contributed by atoms with Crippen LogP contribution in [0.25, 0.3) is 0 Å². The van der Waals surface area contributed by atoms with Gasteiger partial charge in [-0.1, -0.05) is 0 Å². The van der Waals surface area contributed by atoms with Crippen molar-refractivity contribution in [2.24, 2.45) is 11.7 Å². The van der Waals surface area contributed by atoms with Crippen molar-refractivity contribution in [3.63, 3.8) is 0 Å². The summed E-state index contributed by atoms with van der Waals surface area (Å²) in [7, 11) is 0. The maximum atomic E-state index is 12.4. The molecule has 2 unspecified atom stereocenters. The van der Waals surface area contributed by atoms with Crippen molar-refractivity contribution in [2.75, 3.05) is 26.3 Å². The van der Waals surface area contributed by atoms with Crippen LogP contribution in [0.2, 0.25) is 0 Å². The molecule has 0 aromatic rings. The molecule has 1 fully saturated rings. The highest BCUT2D eigenvalue weighted by Crippen LogP contribution is 2.31. The molecule has 116 valence electrons. The molecule has 2 atom stereocenters. The minimum absolute atomic E-state index is 0.0627. The zero-order chi connectivity index (χ0) is 15.2. The number of primary amides is 1. The van der Waals surface area contributed by atoms with E-state index in [0.717, 1.165) is 0 Å². The third kappa shape index (κ3) is 5.74. The van der Waals surface area contributed by atoms with Crippen molar-refractivity contribution in [3.05, 3.63) is 0 Å². The van der Waals surface area contributed by atoms with Crippen LogP contribution in [0, 0.1) is 5.92 Å². The molecular formula is C11H18F3N3O3. The van der Waals surface area contributed by atoms with Crippen LogP contribution < -0.4 is 16.4 Å². The quantitative estimate of drug-likeness (QED) is 0.578. The molecule has 2 amide bonds. The number of piperidine rings is 1. The van der Waals surface area contributed by atoms with Crippen molar-refractivity contribution in [1.82, 2.24) is 10.6 Å². The number of halogens is 3. The molecule has 9 heteroatoms. The van der Waals surface area contributed by atoms with Crippen LogP contribution in [-0.4, -0.2) is 50.3 Å². The van der Waals surface area contributed by atoms with E-state index in [4.69, 9.17) is 10.5 Å². The van der Waals surface area contributed by atoms with Gasteiger partial charge in [0.2, 0.25) is 11.8 Å². The average molecular weight is 297 g/mol. The van der Waals surface area contributed by atoms with Gasteiger partial charge in [-0.15, -0.1) is 0 Å². The summed E-state index contributed by atoms with van der Waals surface area (Å²) in [6.07, 6.45) is -4.15. The summed E-state index contributed by atoms with van der Waals surface area (Å²) in [4.78, 5) is 22.0. The monoisotopic (exact) mass is 297 g/mol. The normalized spacial score (nSPS) is 23.4. The van der Waals surface area contributed by atoms with E-state index in [-0.39, 0.29) is 45.1 Å². The fourth-order valence-corrected chi connectivity index (χ4v) is 1.90. The Bertz CT molecular complexity index is 342. The summed E-state index contributed by atoms with van der Waals surface area (Å²) in [6.45, 7) is -0.190. The van der Waals surface area contributed by atoms with Gasteiger partial charge in [0.15, 0.2) is 0 Å². The topological polar surface area (TPSA) is 93.5 Å². The summed E-state index contributed by atoms with van der Waals surface area (Å²) in [5.74, 6) is -2.37. The fraction of sp³-hybridized carbons (Fsp3) is 0.818. The molecule has 0 aromatic heterocycles. The van der Waals surface area contributed by atoms with E-state index in [0.29, 0.717) is 0 Å². The lowest BCUT2D eigenvalue weighted by Crippen LogP contribution is -2.51. The molecule has 0 aromatic carbocycles. The molecule has 0 bridgehead atoms. The molecule has 6 nitrogen and oxygen atoms in total. The maximum Gasteiger partial charge on any atom is 0.393 e. The lowest BCUT2D eigenvalue weighted by atomic mass is 9.94. The Morgan fingerprint density at radius 1 is 1.35 bits per heavy atom. The Kier molecular flexibility index (Phi) is 6.21. The number of carbonyl (C=O) groups is 2. The summed E-state index contributed by atoms with van der Waals surface area (Å²) in [5, 5.41) is 5.11. The van der Waals surface area contributed by atoms with E-state index in [1.54, 1.807) is 0 Å². The predicted molar refractivity (Wildman–Crippen MR) is 63.6 cm³/mol. The largest absolute Gasteiger partial charge is 0.393 e. The second-order valence-corrected chi connectivity index (χ2v) is 4.59. The van der Waals surface area contributed by atoms with Gasteiger partial charge in [-0.25, -0.2) is 0 Å². The summed E-state index contributed by atoms with van der Waals surface area (Å²) >= 11 is 0. The zero-order valence-corrected chi connectivity index (χ0v) is 10.8. The first kappa shape index (κ1) is 16.7. The summed E-state index contributed by atoms with van der Waals surface area (Å²) < 4.78 is 42.1. The van der Waals surface area contributed by atoms with E-state index in [1.165, 1.54) is 0 Å². The van der Waals surface area contributed by atoms with Gasteiger partial charge in [0.25, 0.3) is 0 Å². The molecule has 1 rings (SSSR count). The first-order valence-electron chi connectivity index (χ1n) is 6.24. The van der Waals surface area contributed by atoms with Gasteiger partial charge in [0.1, 0.15) is 6.61 Å². The number of ether oxygens (including phenoxy) is 1. The zero-order valence-electron chi connectivity index (χ0n) is 10.8. The third-order valence-corrected chi connectivity index (χ3v) is 2.98. The Hall–Kier alpha value is -1.35. The van der Waals surface area contributed by atoms with Gasteiger partial charge in [-0.05, 0) is 12.8 Å². The minimum atomic E-state index is -4.23. The van der Waals surface area contributed by atoms with Gasteiger partial charge in [0.05, 0.1) is 18.6 Å². The van der Waals surface area contributed by atoms with Crippen molar-refractivity contribution < 1.29 is 27.5 Å². The Balaban J connectivity index is 2.18. The number of rotatable bonds is 6. The maximum absolute atomic E-state index is 12.4. The molecule has 20 heavy (non-hydrogen) atoms. The number of hydrogen-bond donors (Lipinski definition) is 3. The van der Waals surface area contributed by atoms with Crippen LogP contribution in [0.5, 0.6) is 0 Å². The second kappa shape index (κ2) is 7.44. The Morgan fingerprint density at radius 2 is 2.05 bits per heavy atom. The molecule has 0 radical (unpaired) electrons. The van der Waals surface area contributed by atoms with Gasteiger partial charge >= 0.3 is 6.18 Å². The van der Waals surface area contributed by atoms with Crippen molar-refractivity contribution in [1.29, 1.82) is 0 Å². The average Bonchev–Trinajstić information content (AvgIpc) is 2.37. The molecule has 1 saturated heterocycles. The first-order chi connectivity index (χ1) is 9.30. The molecule has 1 heterocycles. The molecule has 0 aliphatic carbocycles. The smallest absolute Gasteiger partial charge is 0.370 e. The number of carbonyl (C=O) groups excluding carboxylic acids is 2. The van der Waals surface area contributed by atoms with Crippen molar-refractivity contribution in [2.45, 2.75) is 25.1 Å². The van der Waals surface area contributed by atoms with E-state index in [2.05, 4.69) is 10.6 Å². The number of amides is 2. The summed E-state index contributed by atoms with van der Waals surface area (Å²) in [5.41, 5.74) is 4.85. The lowest BCUT2D eigenvalue weighted by Gasteiger charge is -2.30. The van der Waals surface area contributed by atoms with Gasteiger partial charge < -0.3 is 21.1 Å². The number of nitrogens with one attached hydrogen (secondary N) is 2. The first-order valence-corrected chi connectivity index (χ1v) is 6.24. The summed E-state index contributed by atoms with van der Waals surface area (Å²) in [6, 6.07) is -0.621. The molecular weight excluding hydrogens is 279 g/mol. The van der Waals surface area contributed by atoms with E-state index >= 15 is 0 Å². The van der Waals surface area contributed by atoms with Gasteiger partial charge in [-0.3, -0.25) is 9.59 Å². The van der Waals surface area contributed by atoms with Crippen LogP contribution in [0.15, 0.2) is 0 Å². The lowest BCUT2D eigenvalue weighted by molar-refractivity contribution is -0.180. The van der Waals surface area contributed by atoms with E-state index < -0.39 is 24.0 Å². The SMILES string of the molecule is NC(=O)COCCNC(=O)C1CCC(C(F)(F)F)CN1. The molecule has 4 N–H and O–H groups in total. The van der Waals surface area contributed by atoms with E-state index in [9.17, 15) is 22.8 Å². The fourth-order valence-electron chi connectivity index (χ4n) is 1.90. The van der Waals surface area contributed by atoms with Crippen LogP contribution in [0.4, 0.5) is 13.2 Å². The Morgan fingerprint density at radius 3 is 2.55 bits per heavy atom. The highest BCUT2D eigenvalue weighted by molar-refractivity contribution is 5.81. The van der Waals surface area contributed by atoms with Gasteiger partial charge in [-0.2, -0.15) is 13.2 Å². The van der Waals surface area contributed by atoms with E-state index in [1.807, 2.05) is 0 Å². The van der Waals surface area contributed by atoms with Crippen LogP contribution >= 0.6 is 0 Å². The minimum Gasteiger partial charge on any atom is -0.370 e. The Labute approximate surface area is 114 Å². The number of nitrogens with two attached hydrogens (primary N) is 1. The number of alkyl halides is 3. The molecule has 1 aliphatic rings. The molecule has 1 aliphatic heterocycles. The highest BCUT2D eigenvalue weighted by atomic mass is 19.4. The molecule has 0 spiro atoms. The van der Waals surface area contributed by atoms with Crippen LogP contribution in [-0.2, 0) is 14.3 Å². The van der Waals surface area contributed by atoms with Crippen molar-refractivity contribution >= 4 is 11.8 Å². The standard InChI is InChI=1S/C11H18F3N3O3/c12-11(13,14)7-1-2-8(17-5-7)10(19)16-3-4-20-6-9(15)18/h7-8,17H,1-6H2,(H2,15,18)(H,16,19). The number of hydrogen-bond acceptors (Lipinski definition) is 4. The highest BCUT2D eigenvalue weighted by Gasteiger charge is 2.42. The second-order valence-electron chi connectivity index (χ2n) is 4.59. The van der Waals surface area contributed by atoms with Gasteiger partial charge in [0, 0.05) is 13.1 Å².